The van der Waals surface area contributed by atoms with Crippen LogP contribution >= 0.6 is 0 Å². The van der Waals surface area contributed by atoms with E-state index in [1.54, 1.807) is 25.2 Å². The number of ketones is 1. The highest BCUT2D eigenvalue weighted by Crippen LogP contribution is 2.18. The van der Waals surface area contributed by atoms with Crippen molar-refractivity contribution in [2.24, 2.45) is 5.92 Å². The third-order valence-electron chi connectivity index (χ3n) is 3.32. The average Bonchev–Trinajstić information content (AvgIpc) is 2.46. The van der Waals surface area contributed by atoms with E-state index in [0.717, 1.165) is 5.56 Å². The molecule has 2 aromatic rings. The molecule has 21 heavy (non-hydrogen) atoms. The predicted molar refractivity (Wildman–Crippen MR) is 80.0 cm³/mol. The lowest BCUT2D eigenvalue weighted by atomic mass is 9.91. The molecule has 0 aromatic heterocycles. The molecular weight excluding hydrogens is 269 g/mol. The van der Waals surface area contributed by atoms with Crippen LogP contribution in [0.1, 0.15) is 15.9 Å². The van der Waals surface area contributed by atoms with E-state index in [4.69, 9.17) is 0 Å². The minimum Gasteiger partial charge on any atom is -0.508 e. The zero-order valence-corrected chi connectivity index (χ0v) is 11.8. The summed E-state index contributed by atoms with van der Waals surface area (Å²) in [5.41, 5.74) is 1.25. The number of nitrogens with one attached hydrogen (secondary N) is 1. The van der Waals surface area contributed by atoms with Gasteiger partial charge in [0, 0.05) is 18.0 Å². The minimum atomic E-state index is -0.307. The number of benzene rings is 2. The van der Waals surface area contributed by atoms with Gasteiger partial charge in [-0.05, 0) is 43.3 Å². The van der Waals surface area contributed by atoms with E-state index in [0.29, 0.717) is 18.5 Å². The Hall–Kier alpha value is -2.20. The lowest BCUT2D eigenvalue weighted by Crippen LogP contribution is -2.28. The fourth-order valence-corrected chi connectivity index (χ4v) is 2.35. The summed E-state index contributed by atoms with van der Waals surface area (Å²) in [5, 5.41) is 12.5. The lowest BCUT2D eigenvalue weighted by molar-refractivity contribution is 0.0918. The summed E-state index contributed by atoms with van der Waals surface area (Å²) in [7, 11) is 1.77. The number of halogens is 1. The Labute approximate surface area is 123 Å². The summed E-state index contributed by atoms with van der Waals surface area (Å²) in [6, 6.07) is 12.6. The summed E-state index contributed by atoms with van der Waals surface area (Å²) in [6.07, 6.45) is 0.451. The number of hydrogen-bond donors (Lipinski definition) is 2. The monoisotopic (exact) mass is 287 g/mol. The summed E-state index contributed by atoms with van der Waals surface area (Å²) < 4.78 is 13.2. The molecule has 0 radical (unpaired) electrons. The maximum Gasteiger partial charge on any atom is 0.167 e. The van der Waals surface area contributed by atoms with Crippen molar-refractivity contribution in [1.29, 1.82) is 0 Å². The second kappa shape index (κ2) is 6.99. The molecule has 0 aliphatic carbocycles. The van der Waals surface area contributed by atoms with Crippen molar-refractivity contribution in [3.05, 3.63) is 65.5 Å². The molecule has 2 N–H and O–H groups in total. The molecule has 0 saturated heterocycles. The van der Waals surface area contributed by atoms with Gasteiger partial charge in [0.15, 0.2) is 5.78 Å². The van der Waals surface area contributed by atoms with Crippen LogP contribution in [0.4, 0.5) is 4.39 Å². The molecule has 110 valence electrons. The first-order chi connectivity index (χ1) is 10.1. The Morgan fingerprint density at radius 3 is 2.67 bits per heavy atom. The Kier molecular flexibility index (Phi) is 5.06. The number of Topliss-reactive ketones (excluding diaryl/α,β-unsaturated/α-hetero) is 1. The van der Waals surface area contributed by atoms with Crippen LogP contribution in [-0.4, -0.2) is 24.5 Å². The Morgan fingerprint density at radius 2 is 2.00 bits per heavy atom. The van der Waals surface area contributed by atoms with E-state index in [2.05, 4.69) is 5.32 Å². The molecule has 1 unspecified atom stereocenters. The summed E-state index contributed by atoms with van der Waals surface area (Å²) in [6.45, 7) is 0.491. The van der Waals surface area contributed by atoms with Gasteiger partial charge in [-0.25, -0.2) is 4.39 Å². The molecular formula is C17H18FNO2. The van der Waals surface area contributed by atoms with E-state index in [1.807, 2.05) is 6.07 Å². The number of rotatable bonds is 6. The molecule has 2 aromatic carbocycles. The molecule has 0 heterocycles. The SMILES string of the molecule is CNCC(Cc1cccc(F)c1)C(=O)c1cccc(O)c1. The van der Waals surface area contributed by atoms with E-state index in [-0.39, 0.29) is 23.3 Å². The van der Waals surface area contributed by atoms with Crippen molar-refractivity contribution >= 4 is 5.78 Å². The van der Waals surface area contributed by atoms with Crippen LogP contribution < -0.4 is 5.32 Å². The molecule has 0 spiro atoms. The molecule has 0 saturated carbocycles. The molecule has 0 aliphatic rings. The van der Waals surface area contributed by atoms with Crippen molar-refractivity contribution in [3.63, 3.8) is 0 Å². The van der Waals surface area contributed by atoms with Crippen molar-refractivity contribution < 1.29 is 14.3 Å². The number of phenols is 1. The maximum atomic E-state index is 13.2. The van der Waals surface area contributed by atoms with E-state index in [1.165, 1.54) is 24.3 Å². The molecule has 3 nitrogen and oxygen atoms in total. The van der Waals surface area contributed by atoms with Crippen molar-refractivity contribution in [2.75, 3.05) is 13.6 Å². The number of phenolic OH excluding ortho intramolecular Hbond substituents is 1. The Balaban J connectivity index is 2.20. The zero-order valence-electron chi connectivity index (χ0n) is 11.8. The predicted octanol–water partition coefficient (Wildman–Crippen LogP) is 2.79. The average molecular weight is 287 g/mol. The summed E-state index contributed by atoms with van der Waals surface area (Å²) in [5.74, 6) is -0.613. The highest BCUT2D eigenvalue weighted by atomic mass is 19.1. The van der Waals surface area contributed by atoms with Gasteiger partial charge < -0.3 is 10.4 Å². The van der Waals surface area contributed by atoms with Gasteiger partial charge >= 0.3 is 0 Å². The van der Waals surface area contributed by atoms with Crippen molar-refractivity contribution in [1.82, 2.24) is 5.32 Å². The van der Waals surface area contributed by atoms with E-state index in [9.17, 15) is 14.3 Å². The zero-order chi connectivity index (χ0) is 15.2. The topological polar surface area (TPSA) is 49.3 Å². The van der Waals surface area contributed by atoms with Crippen molar-refractivity contribution in [3.8, 4) is 5.75 Å². The van der Waals surface area contributed by atoms with Crippen LogP contribution in [0.25, 0.3) is 0 Å². The van der Waals surface area contributed by atoms with E-state index < -0.39 is 0 Å². The highest BCUT2D eigenvalue weighted by Gasteiger charge is 2.20. The second-order valence-electron chi connectivity index (χ2n) is 5.00. The molecule has 0 bridgehead atoms. The third-order valence-corrected chi connectivity index (χ3v) is 3.32. The molecule has 2 rings (SSSR count). The second-order valence-corrected chi connectivity index (χ2v) is 5.00. The van der Waals surface area contributed by atoms with Crippen LogP contribution in [0.3, 0.4) is 0 Å². The molecule has 0 amide bonds. The highest BCUT2D eigenvalue weighted by molar-refractivity contribution is 5.98. The minimum absolute atomic E-state index is 0.0646. The van der Waals surface area contributed by atoms with Crippen molar-refractivity contribution in [2.45, 2.75) is 6.42 Å². The normalized spacial score (nSPS) is 12.1. The largest absolute Gasteiger partial charge is 0.508 e. The first kappa shape index (κ1) is 15.2. The van der Waals surface area contributed by atoms with Gasteiger partial charge in [0.2, 0.25) is 0 Å². The smallest absolute Gasteiger partial charge is 0.167 e. The first-order valence-corrected chi connectivity index (χ1v) is 6.82. The van der Waals surface area contributed by atoms with Gasteiger partial charge in [0.05, 0.1) is 0 Å². The van der Waals surface area contributed by atoms with Crippen LogP contribution in [0.5, 0.6) is 5.75 Å². The van der Waals surface area contributed by atoms with Gasteiger partial charge in [-0.15, -0.1) is 0 Å². The van der Waals surface area contributed by atoms with Gasteiger partial charge in [-0.1, -0.05) is 24.3 Å². The lowest BCUT2D eigenvalue weighted by Gasteiger charge is -2.16. The number of hydrogen-bond acceptors (Lipinski definition) is 3. The fourth-order valence-electron chi connectivity index (χ4n) is 2.35. The van der Waals surface area contributed by atoms with E-state index >= 15 is 0 Å². The maximum absolute atomic E-state index is 13.2. The van der Waals surface area contributed by atoms with Crippen LogP contribution in [0.2, 0.25) is 0 Å². The molecule has 0 aliphatic heterocycles. The van der Waals surface area contributed by atoms with Gasteiger partial charge in [-0.3, -0.25) is 4.79 Å². The van der Waals surface area contributed by atoms with Gasteiger partial charge in [0.25, 0.3) is 0 Å². The van der Waals surface area contributed by atoms with Gasteiger partial charge in [0.1, 0.15) is 11.6 Å². The molecule has 1 atom stereocenters. The number of aromatic hydroxyl groups is 1. The van der Waals surface area contributed by atoms with Gasteiger partial charge in [-0.2, -0.15) is 0 Å². The third kappa shape index (κ3) is 4.13. The molecule has 4 heteroatoms. The first-order valence-electron chi connectivity index (χ1n) is 6.82. The Morgan fingerprint density at radius 1 is 1.24 bits per heavy atom. The van der Waals surface area contributed by atoms with Crippen LogP contribution in [-0.2, 0) is 6.42 Å². The summed E-state index contributed by atoms with van der Waals surface area (Å²) in [4.78, 5) is 12.5. The standard InChI is InChI=1S/C17H18FNO2/c1-19-11-14(8-12-4-2-6-15(18)9-12)17(21)13-5-3-7-16(20)10-13/h2-7,9-10,14,19-20H,8,11H2,1H3. The number of carbonyl (C=O) groups is 1. The van der Waals surface area contributed by atoms with Crippen LogP contribution in [0, 0.1) is 11.7 Å². The molecule has 0 fully saturated rings. The van der Waals surface area contributed by atoms with Crippen LogP contribution in [0.15, 0.2) is 48.5 Å². The number of carbonyl (C=O) groups excluding carboxylic acids is 1. The summed E-state index contributed by atoms with van der Waals surface area (Å²) >= 11 is 0. The fraction of sp³-hybridized carbons (Fsp3) is 0.235. The Bertz CT molecular complexity index is 628. The quantitative estimate of drug-likeness (QED) is 0.803.